The van der Waals surface area contributed by atoms with Gasteiger partial charge in [0.15, 0.2) is 5.25 Å². The van der Waals surface area contributed by atoms with E-state index in [1.54, 1.807) is 0 Å². The van der Waals surface area contributed by atoms with E-state index in [1.807, 2.05) is 0 Å². The van der Waals surface area contributed by atoms with Gasteiger partial charge >= 0.3 is 41.5 Å². The van der Waals surface area contributed by atoms with Gasteiger partial charge in [-0.05, 0) is 51.4 Å². The van der Waals surface area contributed by atoms with E-state index in [9.17, 15) is 22.6 Å². The van der Waals surface area contributed by atoms with Crippen molar-refractivity contribution in [2.75, 3.05) is 0 Å². The van der Waals surface area contributed by atoms with Crippen LogP contribution >= 0.6 is 0 Å². The van der Waals surface area contributed by atoms with E-state index in [0.29, 0.717) is 12.8 Å². The molecule has 0 spiro atoms. The molecule has 0 aromatic rings. The maximum atomic E-state index is 13.8. The van der Waals surface area contributed by atoms with E-state index in [0.717, 1.165) is 77.0 Å². The van der Waals surface area contributed by atoms with Gasteiger partial charge in [-0.25, -0.2) is 0 Å². The van der Waals surface area contributed by atoms with Crippen LogP contribution in [0.15, 0.2) is 0 Å². The van der Waals surface area contributed by atoms with Crippen LogP contribution in [0.3, 0.4) is 0 Å². The standard InChI is InChI=1S/C72H142O7S.Na.H/c1-5-9-13-17-21-25-29-33-37-41-44-48-52-56-60-64-68(63-59-55-51-47-43-39-35-31-27-23-19-15-11-7-3)78-71(73)67-70(80(75,76)77)72(74)79-69(65-61-57-53-49-45-40-36-32-28-24-20-16-12-8-4)66-62-58-54-50-46-42-38-34-30-26-22-18-14-10-6-2;;/h68-70H,5-67H2,1-4H3,(H,75,76,77);;/q;+1;-1. The number of unbranched alkanes of at least 4 members (excludes halogenated alkanes) is 54. The molecule has 0 aliphatic carbocycles. The van der Waals surface area contributed by atoms with Crippen molar-refractivity contribution in [2.45, 2.75) is 450 Å². The fraction of sp³-hybridized carbons (Fsp3) is 0.972. The quantitative estimate of drug-likeness (QED) is 0.0280. The SMILES string of the molecule is CCCCCCCCCCCCCCCCCC(CCCCCCCCCCCCCCCC)OC(=O)CC(C(=O)OC(CCCCCCCCCCCCCCCC)CCCCCCCCCCCCCCCCC)S(=O)(=O)O.[H-].[Na+]. The Hall–Kier alpha value is -0.150. The Labute approximate surface area is 531 Å². The first-order valence-electron chi connectivity index (χ1n) is 36.6. The summed E-state index contributed by atoms with van der Waals surface area (Å²) in [5.41, 5.74) is 0. The normalized spacial score (nSPS) is 12.9. The Bertz CT molecular complexity index is 1370. The van der Waals surface area contributed by atoms with Crippen molar-refractivity contribution in [3.63, 3.8) is 0 Å². The molecular formula is C72H143NaO7S. The molecule has 0 rings (SSSR count). The summed E-state index contributed by atoms with van der Waals surface area (Å²) >= 11 is 0. The molecule has 3 unspecified atom stereocenters. The monoisotopic (exact) mass is 1180 g/mol. The average molecular weight is 1180 g/mol. The van der Waals surface area contributed by atoms with Crippen LogP contribution in [-0.4, -0.2) is 42.4 Å². The largest absolute Gasteiger partial charge is 1.00 e. The molecule has 0 radical (unpaired) electrons. The number of carbonyl (C=O) groups excluding carboxylic acids is 2. The molecular weight excluding hydrogens is 1030 g/mol. The minimum Gasteiger partial charge on any atom is -1.00 e. The molecule has 0 saturated heterocycles. The molecule has 0 amide bonds. The van der Waals surface area contributed by atoms with Crippen LogP contribution in [0.4, 0.5) is 0 Å². The van der Waals surface area contributed by atoms with Crippen molar-refractivity contribution < 1.29 is 63.0 Å². The number of ether oxygens (including phenoxy) is 2. The summed E-state index contributed by atoms with van der Waals surface area (Å²) in [5.74, 6) is -1.74. The van der Waals surface area contributed by atoms with Crippen LogP contribution in [0, 0.1) is 0 Å². The molecule has 0 fully saturated rings. The van der Waals surface area contributed by atoms with Gasteiger partial charge in [-0.1, -0.05) is 374 Å². The fourth-order valence-corrected chi connectivity index (χ4v) is 12.7. The van der Waals surface area contributed by atoms with E-state index < -0.39 is 39.8 Å². The van der Waals surface area contributed by atoms with Gasteiger partial charge < -0.3 is 10.9 Å². The van der Waals surface area contributed by atoms with Crippen LogP contribution in [0.2, 0.25) is 0 Å². The number of esters is 2. The van der Waals surface area contributed by atoms with Crippen LogP contribution in [-0.2, 0) is 29.2 Å². The molecule has 81 heavy (non-hydrogen) atoms. The molecule has 1 N–H and O–H groups in total. The molecule has 480 valence electrons. The van der Waals surface area contributed by atoms with Gasteiger partial charge in [0.25, 0.3) is 10.1 Å². The second kappa shape index (κ2) is 67.4. The summed E-state index contributed by atoms with van der Waals surface area (Å²) in [6, 6.07) is 0. The van der Waals surface area contributed by atoms with E-state index in [-0.39, 0.29) is 37.1 Å². The minimum absolute atomic E-state index is 0. The summed E-state index contributed by atoms with van der Waals surface area (Å²) < 4.78 is 48.2. The third kappa shape index (κ3) is 62.7. The molecule has 0 saturated carbocycles. The predicted molar refractivity (Wildman–Crippen MR) is 350 cm³/mol. The molecule has 0 aromatic heterocycles. The second-order valence-corrected chi connectivity index (χ2v) is 27.2. The van der Waals surface area contributed by atoms with Gasteiger partial charge in [-0.3, -0.25) is 14.1 Å². The molecule has 3 atom stereocenters. The van der Waals surface area contributed by atoms with E-state index >= 15 is 0 Å². The Morgan fingerprint density at radius 1 is 0.296 bits per heavy atom. The molecule has 0 heterocycles. The van der Waals surface area contributed by atoms with Crippen LogP contribution in [0.25, 0.3) is 0 Å². The Morgan fingerprint density at radius 3 is 0.630 bits per heavy atom. The van der Waals surface area contributed by atoms with Gasteiger partial charge in [-0.15, -0.1) is 0 Å². The molecule has 0 bridgehead atoms. The number of carbonyl (C=O) groups is 2. The van der Waals surface area contributed by atoms with Crippen molar-refractivity contribution in [1.82, 2.24) is 0 Å². The van der Waals surface area contributed by atoms with Crippen LogP contribution in [0.5, 0.6) is 0 Å². The van der Waals surface area contributed by atoms with Gasteiger partial charge in [0.05, 0.1) is 6.42 Å². The van der Waals surface area contributed by atoms with E-state index in [4.69, 9.17) is 9.47 Å². The van der Waals surface area contributed by atoms with Crippen molar-refractivity contribution in [3.8, 4) is 0 Å². The molecule has 9 heteroatoms. The third-order valence-electron chi connectivity index (χ3n) is 17.6. The first-order valence-corrected chi connectivity index (χ1v) is 38.1. The first-order chi connectivity index (χ1) is 39.2. The third-order valence-corrected chi connectivity index (χ3v) is 18.7. The average Bonchev–Trinajstić information content (AvgIpc) is 3.47. The minimum atomic E-state index is -4.90. The van der Waals surface area contributed by atoms with Crippen LogP contribution < -0.4 is 29.6 Å². The van der Waals surface area contributed by atoms with Crippen LogP contribution in [0.1, 0.15) is 434 Å². The molecule has 0 aromatic carbocycles. The van der Waals surface area contributed by atoms with Crippen molar-refractivity contribution in [1.29, 1.82) is 0 Å². The summed E-state index contributed by atoms with van der Waals surface area (Å²) in [6.45, 7) is 9.11. The maximum Gasteiger partial charge on any atom is 1.00 e. The molecule has 0 aliphatic rings. The maximum absolute atomic E-state index is 13.8. The van der Waals surface area contributed by atoms with Crippen molar-refractivity contribution in [2.24, 2.45) is 0 Å². The zero-order valence-corrected chi connectivity index (χ0v) is 58.4. The zero-order valence-electron chi connectivity index (χ0n) is 56.6. The molecule has 7 nitrogen and oxygen atoms in total. The number of hydrogen-bond donors (Lipinski definition) is 1. The zero-order chi connectivity index (χ0) is 58.3. The summed E-state index contributed by atoms with van der Waals surface area (Å²) in [5, 5.41) is -1.97. The number of hydrogen-bond acceptors (Lipinski definition) is 6. The molecule has 0 aliphatic heterocycles. The van der Waals surface area contributed by atoms with Crippen molar-refractivity contribution in [3.05, 3.63) is 0 Å². The van der Waals surface area contributed by atoms with E-state index in [2.05, 4.69) is 27.7 Å². The van der Waals surface area contributed by atoms with E-state index in [1.165, 1.54) is 308 Å². The Balaban J connectivity index is -0.0000312. The van der Waals surface area contributed by atoms with Gasteiger partial charge in [0, 0.05) is 0 Å². The Kier molecular flexibility index (Phi) is 69.0. The van der Waals surface area contributed by atoms with Gasteiger partial charge in [0.1, 0.15) is 12.2 Å². The van der Waals surface area contributed by atoms with Gasteiger partial charge in [0.2, 0.25) is 0 Å². The van der Waals surface area contributed by atoms with Gasteiger partial charge in [-0.2, -0.15) is 8.42 Å². The predicted octanol–water partition coefficient (Wildman–Crippen LogP) is 21.8. The second-order valence-electron chi connectivity index (χ2n) is 25.6. The summed E-state index contributed by atoms with van der Waals surface area (Å²) in [4.78, 5) is 27.5. The first kappa shape index (κ1) is 82.9. The summed E-state index contributed by atoms with van der Waals surface area (Å²) in [7, 11) is -4.90. The topological polar surface area (TPSA) is 107 Å². The smallest absolute Gasteiger partial charge is 1.00 e. The number of rotatable bonds is 68. The fourth-order valence-electron chi connectivity index (χ4n) is 12.1. The Morgan fingerprint density at radius 2 is 0.457 bits per heavy atom. The van der Waals surface area contributed by atoms with Crippen molar-refractivity contribution >= 4 is 22.1 Å². The summed E-state index contributed by atoms with van der Waals surface area (Å²) in [6.07, 6.45) is 75.5.